The Morgan fingerprint density at radius 2 is 0.494 bits per heavy atom. The fourth-order valence-electron chi connectivity index (χ4n) is 8.57. The first-order chi connectivity index (χ1) is 39.0. The van der Waals surface area contributed by atoms with Gasteiger partial charge in [0, 0.05) is 19.3 Å². The van der Waals surface area contributed by atoms with Crippen LogP contribution in [0.3, 0.4) is 0 Å². The molecule has 0 N–H and O–H groups in total. The summed E-state index contributed by atoms with van der Waals surface area (Å²) in [7, 11) is 0. The second-order valence-corrected chi connectivity index (χ2v) is 20.9. The molecule has 446 valence electrons. The number of rotatable bonds is 57. The molecule has 6 nitrogen and oxygen atoms in total. The van der Waals surface area contributed by atoms with E-state index in [1.165, 1.54) is 77.0 Å². The van der Waals surface area contributed by atoms with Gasteiger partial charge in [-0.2, -0.15) is 0 Å². The highest BCUT2D eigenvalue weighted by Gasteiger charge is 2.19. The summed E-state index contributed by atoms with van der Waals surface area (Å²) in [5.74, 6) is -0.948. The van der Waals surface area contributed by atoms with Gasteiger partial charge in [0.2, 0.25) is 0 Å². The lowest BCUT2D eigenvalue weighted by Crippen LogP contribution is -2.30. The molecule has 0 spiro atoms. The molecule has 0 heterocycles. The van der Waals surface area contributed by atoms with Crippen LogP contribution in [0, 0.1) is 0 Å². The van der Waals surface area contributed by atoms with E-state index in [0.717, 1.165) is 161 Å². The SMILES string of the molecule is CC/C=C\C/C=C\C/C=C\C/C=C\C/C=C\C/C=C\C/C=C\C/C=C\C/C=C\CCCCCC(=O)OCC(COC(=O)CCCCCCCCCCCCCCCCC)OC(=O)CCCCCCC/C=C\C/C=C\C/C=C\CC. The molecule has 0 radical (unpaired) electrons. The highest BCUT2D eigenvalue weighted by molar-refractivity contribution is 5.71. The quantitative estimate of drug-likeness (QED) is 0.0261. The van der Waals surface area contributed by atoms with E-state index in [9.17, 15) is 14.4 Å². The van der Waals surface area contributed by atoms with Crippen molar-refractivity contribution in [3.8, 4) is 0 Å². The minimum Gasteiger partial charge on any atom is -0.462 e. The van der Waals surface area contributed by atoms with Crippen molar-refractivity contribution >= 4 is 17.9 Å². The standard InChI is InChI=1S/C73H118O6/c1-4-7-10-13-16-19-22-25-28-29-30-31-32-33-34-35-36-37-38-39-40-41-42-43-46-48-51-54-57-60-63-66-72(75)78-69-70(79-73(76)67-64-61-58-55-52-49-45-27-24-21-18-15-12-9-6-3)68-77-71(74)65-62-59-56-53-50-47-44-26-23-20-17-14-11-8-5-2/h7,9-10,12,16,18-19,21,25,27-28,30-31,33-34,36-37,39-40,42-43,45,48,51,70H,4-6,8,11,13-15,17,20,22-24,26,29,32,35,38,41,44,46-47,49-50,52-69H2,1-3H3/b10-7-,12-9-,19-16-,21-18-,28-25-,31-30-,34-33-,37-36-,40-39-,43-42-,45-27-,51-48-. The van der Waals surface area contributed by atoms with Gasteiger partial charge in [-0.05, 0) is 122 Å². The minimum atomic E-state index is -0.806. The number of carbonyl (C=O) groups excluding carboxylic acids is 3. The first kappa shape index (κ1) is 74.3. The fourth-order valence-corrected chi connectivity index (χ4v) is 8.57. The molecule has 0 fully saturated rings. The van der Waals surface area contributed by atoms with E-state index >= 15 is 0 Å². The molecule has 0 aromatic rings. The average molecular weight is 1090 g/mol. The highest BCUT2D eigenvalue weighted by Crippen LogP contribution is 2.15. The number of allylic oxidation sites excluding steroid dienone is 24. The van der Waals surface area contributed by atoms with Crippen LogP contribution in [0.4, 0.5) is 0 Å². The molecule has 0 aliphatic rings. The zero-order valence-electron chi connectivity index (χ0n) is 51.1. The molecule has 0 aliphatic heterocycles. The summed E-state index contributed by atoms with van der Waals surface area (Å²) in [5, 5.41) is 0. The van der Waals surface area contributed by atoms with E-state index in [1.54, 1.807) is 0 Å². The normalized spacial score (nSPS) is 13.1. The van der Waals surface area contributed by atoms with Crippen LogP contribution in [-0.4, -0.2) is 37.2 Å². The van der Waals surface area contributed by atoms with Crippen molar-refractivity contribution in [1.29, 1.82) is 0 Å². The maximum absolute atomic E-state index is 12.9. The second kappa shape index (κ2) is 65.8. The molecular formula is C73H118O6. The van der Waals surface area contributed by atoms with E-state index in [1.807, 2.05) is 0 Å². The first-order valence-electron chi connectivity index (χ1n) is 32.3. The number of carbonyl (C=O) groups is 3. The van der Waals surface area contributed by atoms with Crippen molar-refractivity contribution < 1.29 is 28.6 Å². The molecular weight excluding hydrogens is 973 g/mol. The predicted molar refractivity (Wildman–Crippen MR) is 343 cm³/mol. The Hall–Kier alpha value is -4.71. The zero-order valence-corrected chi connectivity index (χ0v) is 51.1. The monoisotopic (exact) mass is 1090 g/mol. The van der Waals surface area contributed by atoms with Gasteiger partial charge in [0.25, 0.3) is 0 Å². The Morgan fingerprint density at radius 3 is 0.785 bits per heavy atom. The van der Waals surface area contributed by atoms with Gasteiger partial charge in [0.1, 0.15) is 13.2 Å². The lowest BCUT2D eigenvalue weighted by atomic mass is 10.0. The number of hydrogen-bond donors (Lipinski definition) is 0. The van der Waals surface area contributed by atoms with Crippen molar-refractivity contribution in [3.05, 3.63) is 146 Å². The van der Waals surface area contributed by atoms with Gasteiger partial charge in [-0.3, -0.25) is 14.4 Å². The van der Waals surface area contributed by atoms with Gasteiger partial charge in [-0.1, -0.05) is 282 Å². The van der Waals surface area contributed by atoms with Gasteiger partial charge < -0.3 is 14.2 Å². The van der Waals surface area contributed by atoms with Crippen molar-refractivity contribution in [1.82, 2.24) is 0 Å². The highest BCUT2D eigenvalue weighted by atomic mass is 16.6. The lowest BCUT2D eigenvalue weighted by Gasteiger charge is -2.18. The van der Waals surface area contributed by atoms with E-state index in [0.29, 0.717) is 19.3 Å². The Kier molecular flexibility index (Phi) is 61.9. The Bertz CT molecular complexity index is 1730. The van der Waals surface area contributed by atoms with Crippen LogP contribution in [0.15, 0.2) is 146 Å². The molecule has 0 saturated carbocycles. The van der Waals surface area contributed by atoms with Crippen LogP contribution in [0.1, 0.15) is 278 Å². The summed E-state index contributed by atoms with van der Waals surface area (Å²) in [6.45, 7) is 6.38. The Balaban J connectivity index is 4.40. The Labute approximate surface area is 487 Å². The van der Waals surface area contributed by atoms with Crippen LogP contribution in [-0.2, 0) is 28.6 Å². The first-order valence-corrected chi connectivity index (χ1v) is 32.3. The van der Waals surface area contributed by atoms with Gasteiger partial charge >= 0.3 is 17.9 Å². The predicted octanol–water partition coefficient (Wildman–Crippen LogP) is 22.3. The van der Waals surface area contributed by atoms with Crippen molar-refractivity contribution in [2.45, 2.75) is 284 Å². The third-order valence-electron chi connectivity index (χ3n) is 13.3. The number of ether oxygens (including phenoxy) is 3. The van der Waals surface area contributed by atoms with Gasteiger partial charge in [-0.25, -0.2) is 0 Å². The van der Waals surface area contributed by atoms with Crippen LogP contribution >= 0.6 is 0 Å². The molecule has 1 atom stereocenters. The summed E-state index contributed by atoms with van der Waals surface area (Å²) in [6, 6.07) is 0. The summed E-state index contributed by atoms with van der Waals surface area (Å²) in [6.07, 6.45) is 94.2. The summed E-state index contributed by atoms with van der Waals surface area (Å²) in [4.78, 5) is 38.3. The largest absolute Gasteiger partial charge is 0.462 e. The third kappa shape index (κ3) is 64.0. The molecule has 79 heavy (non-hydrogen) atoms. The molecule has 0 amide bonds. The average Bonchev–Trinajstić information content (AvgIpc) is 3.45. The Morgan fingerprint density at radius 1 is 0.266 bits per heavy atom. The summed E-state index contributed by atoms with van der Waals surface area (Å²) < 4.78 is 16.9. The summed E-state index contributed by atoms with van der Waals surface area (Å²) >= 11 is 0. The zero-order chi connectivity index (χ0) is 57.1. The summed E-state index contributed by atoms with van der Waals surface area (Å²) in [5.41, 5.74) is 0. The van der Waals surface area contributed by atoms with Crippen molar-refractivity contribution in [3.63, 3.8) is 0 Å². The molecule has 0 aliphatic carbocycles. The fraction of sp³-hybridized carbons (Fsp3) is 0.630. The van der Waals surface area contributed by atoms with E-state index < -0.39 is 6.10 Å². The van der Waals surface area contributed by atoms with Gasteiger partial charge in [0.15, 0.2) is 6.10 Å². The van der Waals surface area contributed by atoms with Crippen molar-refractivity contribution in [2.75, 3.05) is 13.2 Å². The van der Waals surface area contributed by atoms with E-state index in [2.05, 4.69) is 167 Å². The van der Waals surface area contributed by atoms with E-state index in [-0.39, 0.29) is 31.1 Å². The molecule has 0 rings (SSSR count). The number of hydrogen-bond acceptors (Lipinski definition) is 6. The molecule has 0 aromatic carbocycles. The van der Waals surface area contributed by atoms with Crippen LogP contribution in [0.2, 0.25) is 0 Å². The molecule has 0 bridgehead atoms. The smallest absolute Gasteiger partial charge is 0.306 e. The topological polar surface area (TPSA) is 78.9 Å². The van der Waals surface area contributed by atoms with Crippen LogP contribution < -0.4 is 0 Å². The molecule has 0 aromatic heterocycles. The van der Waals surface area contributed by atoms with Gasteiger partial charge in [0.05, 0.1) is 0 Å². The molecule has 0 saturated heterocycles. The number of esters is 3. The number of unbranched alkanes of at least 4 members (excludes halogenated alkanes) is 22. The minimum absolute atomic E-state index is 0.0981. The molecule has 6 heteroatoms. The van der Waals surface area contributed by atoms with Crippen LogP contribution in [0.25, 0.3) is 0 Å². The van der Waals surface area contributed by atoms with Crippen molar-refractivity contribution in [2.24, 2.45) is 0 Å². The lowest BCUT2D eigenvalue weighted by molar-refractivity contribution is -0.167. The third-order valence-corrected chi connectivity index (χ3v) is 13.3. The second-order valence-electron chi connectivity index (χ2n) is 20.9. The van der Waals surface area contributed by atoms with E-state index in [4.69, 9.17) is 14.2 Å². The van der Waals surface area contributed by atoms with Crippen LogP contribution in [0.5, 0.6) is 0 Å². The maximum Gasteiger partial charge on any atom is 0.306 e. The van der Waals surface area contributed by atoms with Gasteiger partial charge in [-0.15, -0.1) is 0 Å². The maximum atomic E-state index is 12.9. The molecule has 1 unspecified atom stereocenters.